The number of methoxy groups -OCH3 is 1. The van der Waals surface area contributed by atoms with Crippen molar-refractivity contribution in [1.82, 2.24) is 0 Å². The first-order valence-electron chi connectivity index (χ1n) is 6.92. The minimum atomic E-state index is 0.318. The number of nitrogens with zero attached hydrogens (tertiary/aromatic N) is 1. The number of nitrogens with two attached hydrogens (primary N) is 1. The van der Waals surface area contributed by atoms with Crippen LogP contribution in [0.5, 0.6) is 0 Å². The third-order valence-electron chi connectivity index (χ3n) is 3.99. The lowest BCUT2D eigenvalue weighted by atomic mass is 9.94. The van der Waals surface area contributed by atoms with E-state index in [2.05, 4.69) is 46.0 Å². The molecule has 1 aliphatic heterocycles. The van der Waals surface area contributed by atoms with Crippen molar-refractivity contribution < 1.29 is 4.74 Å². The molecule has 2 atom stereocenters. The molecule has 3 nitrogen and oxygen atoms in total. The molecular formula is C15H23BrN2O. The zero-order chi connectivity index (χ0) is 13.8. The third kappa shape index (κ3) is 3.50. The van der Waals surface area contributed by atoms with E-state index in [1.54, 1.807) is 0 Å². The van der Waals surface area contributed by atoms with Gasteiger partial charge in [-0.2, -0.15) is 0 Å². The number of benzene rings is 1. The molecule has 0 bridgehead atoms. The average molecular weight is 327 g/mol. The van der Waals surface area contributed by atoms with E-state index < -0.39 is 0 Å². The van der Waals surface area contributed by atoms with Crippen LogP contribution in [-0.2, 0) is 11.2 Å². The van der Waals surface area contributed by atoms with Crippen LogP contribution in [0, 0.1) is 5.92 Å². The molecule has 0 radical (unpaired) electrons. The van der Waals surface area contributed by atoms with E-state index in [0.717, 1.165) is 24.0 Å². The van der Waals surface area contributed by atoms with Gasteiger partial charge in [-0.3, -0.25) is 0 Å². The quantitative estimate of drug-likeness (QED) is 0.924. The Morgan fingerprint density at radius 2 is 2.26 bits per heavy atom. The van der Waals surface area contributed by atoms with Crippen LogP contribution < -0.4 is 10.6 Å². The number of hydrogen-bond donors (Lipinski definition) is 1. The molecule has 1 aromatic rings. The van der Waals surface area contributed by atoms with E-state index in [1.165, 1.54) is 17.7 Å². The number of halogens is 1. The Morgan fingerprint density at radius 3 is 2.95 bits per heavy atom. The highest BCUT2D eigenvalue weighted by molar-refractivity contribution is 9.10. The molecule has 19 heavy (non-hydrogen) atoms. The summed E-state index contributed by atoms with van der Waals surface area (Å²) >= 11 is 3.57. The zero-order valence-corrected chi connectivity index (χ0v) is 13.3. The normalized spacial score (nSPS) is 23.7. The Kier molecular flexibility index (Phi) is 5.25. The molecule has 0 spiro atoms. The van der Waals surface area contributed by atoms with Crippen molar-refractivity contribution in [1.29, 1.82) is 0 Å². The van der Waals surface area contributed by atoms with Gasteiger partial charge in [0.15, 0.2) is 0 Å². The van der Waals surface area contributed by atoms with Gasteiger partial charge in [0.1, 0.15) is 0 Å². The molecule has 106 valence electrons. The van der Waals surface area contributed by atoms with E-state index in [4.69, 9.17) is 10.5 Å². The lowest BCUT2D eigenvalue weighted by molar-refractivity contribution is 0.0498. The molecule has 2 rings (SSSR count). The fourth-order valence-corrected chi connectivity index (χ4v) is 3.11. The van der Waals surface area contributed by atoms with Gasteiger partial charge in [-0.05, 0) is 43.0 Å². The largest absolute Gasteiger partial charge is 0.379 e. The lowest BCUT2D eigenvalue weighted by Crippen LogP contribution is -2.44. The van der Waals surface area contributed by atoms with Crippen molar-refractivity contribution >= 4 is 21.6 Å². The highest BCUT2D eigenvalue weighted by Crippen LogP contribution is 2.30. The minimum absolute atomic E-state index is 0.318. The SMILES string of the molecule is COC1CN(c2cc(Br)ccc2CCN)CCC1C. The summed E-state index contributed by atoms with van der Waals surface area (Å²) in [6.45, 7) is 5.01. The van der Waals surface area contributed by atoms with Crippen molar-refractivity contribution in [3.8, 4) is 0 Å². The minimum Gasteiger partial charge on any atom is -0.379 e. The Morgan fingerprint density at radius 1 is 1.47 bits per heavy atom. The molecule has 0 aromatic heterocycles. The van der Waals surface area contributed by atoms with E-state index in [9.17, 15) is 0 Å². The Bertz CT molecular complexity index is 425. The molecule has 1 heterocycles. The summed E-state index contributed by atoms with van der Waals surface area (Å²) in [5.41, 5.74) is 8.35. The van der Waals surface area contributed by atoms with Crippen molar-refractivity contribution in [3.63, 3.8) is 0 Å². The summed E-state index contributed by atoms with van der Waals surface area (Å²) < 4.78 is 6.73. The first kappa shape index (κ1) is 14.8. The van der Waals surface area contributed by atoms with Crippen molar-refractivity contribution in [2.45, 2.75) is 25.9 Å². The number of anilines is 1. The average Bonchev–Trinajstić information content (AvgIpc) is 2.42. The van der Waals surface area contributed by atoms with Gasteiger partial charge in [-0.25, -0.2) is 0 Å². The van der Waals surface area contributed by atoms with Gasteiger partial charge in [0.05, 0.1) is 6.10 Å². The van der Waals surface area contributed by atoms with Crippen LogP contribution in [0.2, 0.25) is 0 Å². The second-order valence-corrected chi connectivity index (χ2v) is 6.21. The number of hydrogen-bond acceptors (Lipinski definition) is 3. The van der Waals surface area contributed by atoms with Crippen LogP contribution in [0.1, 0.15) is 18.9 Å². The van der Waals surface area contributed by atoms with Crippen LogP contribution in [0.15, 0.2) is 22.7 Å². The van der Waals surface area contributed by atoms with Crippen molar-refractivity contribution in [3.05, 3.63) is 28.2 Å². The van der Waals surface area contributed by atoms with E-state index in [1.807, 2.05) is 7.11 Å². The zero-order valence-electron chi connectivity index (χ0n) is 11.7. The van der Waals surface area contributed by atoms with Crippen LogP contribution >= 0.6 is 15.9 Å². The van der Waals surface area contributed by atoms with Gasteiger partial charge < -0.3 is 15.4 Å². The smallest absolute Gasteiger partial charge is 0.0772 e. The van der Waals surface area contributed by atoms with Crippen LogP contribution in [-0.4, -0.2) is 32.8 Å². The molecule has 1 aliphatic rings. The van der Waals surface area contributed by atoms with Crippen molar-refractivity contribution in [2.24, 2.45) is 11.7 Å². The van der Waals surface area contributed by atoms with Crippen LogP contribution in [0.4, 0.5) is 5.69 Å². The molecule has 2 N–H and O–H groups in total. The Hall–Kier alpha value is -0.580. The highest BCUT2D eigenvalue weighted by atomic mass is 79.9. The van der Waals surface area contributed by atoms with Gasteiger partial charge in [0.25, 0.3) is 0 Å². The topological polar surface area (TPSA) is 38.5 Å². The van der Waals surface area contributed by atoms with Gasteiger partial charge >= 0.3 is 0 Å². The fraction of sp³-hybridized carbons (Fsp3) is 0.600. The second kappa shape index (κ2) is 6.73. The summed E-state index contributed by atoms with van der Waals surface area (Å²) in [6, 6.07) is 6.47. The maximum Gasteiger partial charge on any atom is 0.0772 e. The summed E-state index contributed by atoms with van der Waals surface area (Å²) in [6.07, 6.45) is 2.41. The van der Waals surface area contributed by atoms with Gasteiger partial charge in [0.2, 0.25) is 0 Å². The highest BCUT2D eigenvalue weighted by Gasteiger charge is 2.27. The molecule has 2 unspecified atom stereocenters. The summed E-state index contributed by atoms with van der Waals surface area (Å²) in [5.74, 6) is 0.631. The Balaban J connectivity index is 2.22. The molecule has 1 aromatic carbocycles. The maximum absolute atomic E-state index is 5.72. The molecule has 4 heteroatoms. The number of piperidine rings is 1. The van der Waals surface area contributed by atoms with E-state index >= 15 is 0 Å². The monoisotopic (exact) mass is 326 g/mol. The number of ether oxygens (including phenoxy) is 1. The molecule has 0 aliphatic carbocycles. The first-order chi connectivity index (χ1) is 9.15. The van der Waals surface area contributed by atoms with E-state index in [0.29, 0.717) is 18.6 Å². The summed E-state index contributed by atoms with van der Waals surface area (Å²) in [5, 5.41) is 0. The second-order valence-electron chi connectivity index (χ2n) is 5.30. The maximum atomic E-state index is 5.72. The van der Waals surface area contributed by atoms with Crippen LogP contribution in [0.25, 0.3) is 0 Å². The van der Waals surface area contributed by atoms with Gasteiger partial charge in [0, 0.05) is 30.4 Å². The van der Waals surface area contributed by atoms with Crippen LogP contribution in [0.3, 0.4) is 0 Å². The Labute approximate surface area is 124 Å². The van der Waals surface area contributed by atoms with Gasteiger partial charge in [-0.1, -0.05) is 28.9 Å². The molecule has 0 saturated carbocycles. The van der Waals surface area contributed by atoms with Crippen molar-refractivity contribution in [2.75, 3.05) is 31.6 Å². The molecule has 1 fully saturated rings. The standard InChI is InChI=1S/C15H23BrN2O/c1-11-6-8-18(10-15(11)19-2)14-9-13(16)4-3-12(14)5-7-17/h3-4,9,11,15H,5-8,10,17H2,1-2H3. The number of rotatable bonds is 4. The molecular weight excluding hydrogens is 304 g/mol. The summed E-state index contributed by atoms with van der Waals surface area (Å²) in [4.78, 5) is 2.43. The first-order valence-corrected chi connectivity index (χ1v) is 7.71. The third-order valence-corrected chi connectivity index (χ3v) is 4.49. The lowest BCUT2D eigenvalue weighted by Gasteiger charge is -2.38. The molecule has 1 saturated heterocycles. The molecule has 0 amide bonds. The van der Waals surface area contributed by atoms with Gasteiger partial charge in [-0.15, -0.1) is 0 Å². The predicted octanol–water partition coefficient (Wildman–Crippen LogP) is 2.81. The predicted molar refractivity (Wildman–Crippen MR) is 83.7 cm³/mol. The fourth-order valence-electron chi connectivity index (χ4n) is 2.76. The van der Waals surface area contributed by atoms with E-state index in [-0.39, 0.29) is 0 Å². The summed E-state index contributed by atoms with van der Waals surface area (Å²) in [7, 11) is 1.81.